The van der Waals surface area contributed by atoms with Gasteiger partial charge in [-0.25, -0.2) is 4.98 Å². The van der Waals surface area contributed by atoms with E-state index in [0.29, 0.717) is 26.2 Å². The molecular formula is C17H26Cl2F3N5O. The molecule has 1 aromatic heterocycles. The summed E-state index contributed by atoms with van der Waals surface area (Å²) in [5.41, 5.74) is 0.272. The predicted octanol–water partition coefficient (Wildman–Crippen LogP) is 2.09. The highest BCUT2D eigenvalue weighted by atomic mass is 35.5. The fourth-order valence-electron chi connectivity index (χ4n) is 3.39. The van der Waals surface area contributed by atoms with Crippen molar-refractivity contribution >= 4 is 36.5 Å². The average Bonchev–Trinajstić information content (AvgIpc) is 3.16. The van der Waals surface area contributed by atoms with Crippen LogP contribution >= 0.6 is 24.8 Å². The normalized spacial score (nSPS) is 18.8. The Bertz CT molecular complexity index is 606. The van der Waals surface area contributed by atoms with Crippen LogP contribution < -0.4 is 15.5 Å². The smallest absolute Gasteiger partial charge is 0.357 e. The number of anilines is 1. The summed E-state index contributed by atoms with van der Waals surface area (Å²) in [5.74, 6) is 0.267. The van der Waals surface area contributed by atoms with Crippen LogP contribution in [0.4, 0.5) is 19.0 Å². The molecule has 2 aliphatic heterocycles. The molecule has 2 fully saturated rings. The van der Waals surface area contributed by atoms with Crippen LogP contribution in [-0.2, 0) is 0 Å². The number of pyridine rings is 1. The number of nitrogens with zero attached hydrogens (tertiary/aromatic N) is 3. The minimum Gasteiger partial charge on any atom is -0.357 e. The zero-order valence-electron chi connectivity index (χ0n) is 15.4. The van der Waals surface area contributed by atoms with Gasteiger partial charge in [0.05, 0.1) is 5.56 Å². The molecule has 0 radical (unpaired) electrons. The minimum absolute atomic E-state index is 0. The number of piperazine rings is 1. The maximum atomic E-state index is 13.4. The Labute approximate surface area is 175 Å². The van der Waals surface area contributed by atoms with Gasteiger partial charge in [0.1, 0.15) is 11.9 Å². The number of carbonyl (C=O) groups excluding carboxylic acids is 1. The molecule has 160 valence electrons. The minimum atomic E-state index is -4.39. The van der Waals surface area contributed by atoms with Crippen LogP contribution in [0.2, 0.25) is 0 Å². The Hall–Kier alpha value is -1.29. The summed E-state index contributed by atoms with van der Waals surface area (Å²) in [5, 5.41) is 5.45. The highest BCUT2D eigenvalue weighted by Crippen LogP contribution is 2.25. The van der Waals surface area contributed by atoms with Crippen molar-refractivity contribution in [1.29, 1.82) is 0 Å². The number of halogens is 5. The molecule has 0 aromatic carbocycles. The lowest BCUT2D eigenvalue weighted by Crippen LogP contribution is -2.57. The van der Waals surface area contributed by atoms with Crippen LogP contribution in [0.25, 0.3) is 0 Å². The van der Waals surface area contributed by atoms with Crippen molar-refractivity contribution in [3.8, 4) is 0 Å². The summed E-state index contributed by atoms with van der Waals surface area (Å²) in [4.78, 5) is 20.0. The van der Waals surface area contributed by atoms with Crippen molar-refractivity contribution in [3.63, 3.8) is 0 Å². The van der Waals surface area contributed by atoms with E-state index in [1.165, 1.54) is 11.1 Å². The molecule has 3 heterocycles. The molecule has 0 spiro atoms. The van der Waals surface area contributed by atoms with E-state index >= 15 is 0 Å². The Balaban J connectivity index is 0.00000196. The molecular weight excluding hydrogens is 418 g/mol. The highest BCUT2D eigenvalue weighted by Gasteiger charge is 2.43. The predicted molar refractivity (Wildman–Crippen MR) is 107 cm³/mol. The Kier molecular flexibility index (Phi) is 9.76. The molecule has 1 aromatic rings. The number of carbonyl (C=O) groups is 1. The molecule has 0 aliphatic carbocycles. The van der Waals surface area contributed by atoms with E-state index in [9.17, 15) is 18.0 Å². The van der Waals surface area contributed by atoms with Gasteiger partial charge in [-0.05, 0) is 25.0 Å². The third kappa shape index (κ3) is 6.37. The van der Waals surface area contributed by atoms with Gasteiger partial charge in [0.15, 0.2) is 0 Å². The number of alkyl halides is 3. The Morgan fingerprint density at radius 3 is 2.32 bits per heavy atom. The largest absolute Gasteiger partial charge is 0.405 e. The first-order chi connectivity index (χ1) is 12.4. The van der Waals surface area contributed by atoms with Crippen LogP contribution in [-0.4, -0.2) is 73.8 Å². The first kappa shape index (κ1) is 24.7. The second-order valence-corrected chi connectivity index (χ2v) is 6.65. The molecule has 1 amide bonds. The second-order valence-electron chi connectivity index (χ2n) is 6.65. The van der Waals surface area contributed by atoms with Crippen LogP contribution in [0.1, 0.15) is 23.2 Å². The van der Waals surface area contributed by atoms with Gasteiger partial charge in [0, 0.05) is 52.0 Å². The van der Waals surface area contributed by atoms with E-state index in [2.05, 4.69) is 20.5 Å². The van der Waals surface area contributed by atoms with Gasteiger partial charge in [0.25, 0.3) is 5.91 Å². The molecule has 2 aliphatic rings. The van der Waals surface area contributed by atoms with Gasteiger partial charge in [-0.1, -0.05) is 0 Å². The van der Waals surface area contributed by atoms with Gasteiger partial charge < -0.3 is 15.5 Å². The van der Waals surface area contributed by atoms with Crippen LogP contribution in [0, 0.1) is 0 Å². The number of aromatic nitrogens is 1. The molecule has 2 N–H and O–H groups in total. The number of rotatable bonds is 5. The SMILES string of the molecule is Cl.Cl.O=C(NCC(N1CCNCC1)C(F)(F)F)c1ccc(N2CCCC2)nc1. The van der Waals surface area contributed by atoms with E-state index in [1.807, 2.05) is 0 Å². The maximum Gasteiger partial charge on any atom is 0.405 e. The molecule has 28 heavy (non-hydrogen) atoms. The summed E-state index contributed by atoms with van der Waals surface area (Å²) in [6.07, 6.45) is -0.720. The molecule has 11 heteroatoms. The van der Waals surface area contributed by atoms with Gasteiger partial charge in [-0.3, -0.25) is 9.69 Å². The average molecular weight is 444 g/mol. The fraction of sp³-hybridized carbons (Fsp3) is 0.647. The summed E-state index contributed by atoms with van der Waals surface area (Å²) >= 11 is 0. The van der Waals surface area contributed by atoms with Crippen molar-refractivity contribution < 1.29 is 18.0 Å². The van der Waals surface area contributed by atoms with Crippen molar-refractivity contribution in [3.05, 3.63) is 23.9 Å². The molecule has 1 unspecified atom stereocenters. The molecule has 0 saturated carbocycles. The van der Waals surface area contributed by atoms with Crippen LogP contribution in [0.5, 0.6) is 0 Å². The molecule has 1 atom stereocenters. The van der Waals surface area contributed by atoms with E-state index in [-0.39, 0.29) is 30.4 Å². The van der Waals surface area contributed by atoms with Gasteiger partial charge in [0.2, 0.25) is 0 Å². The standard InChI is InChI=1S/C17H24F3N5O.2ClH/c18-17(19,20)14(24-9-5-21-6-10-24)12-23-16(26)13-3-4-15(22-11-13)25-7-1-2-8-25;;/h3-4,11,14,21H,1-2,5-10,12H2,(H,23,26);2*1H. The Morgan fingerprint density at radius 2 is 1.79 bits per heavy atom. The third-order valence-electron chi connectivity index (χ3n) is 4.87. The van der Waals surface area contributed by atoms with E-state index in [4.69, 9.17) is 0 Å². The van der Waals surface area contributed by atoms with Crippen LogP contribution in [0.15, 0.2) is 18.3 Å². The second kappa shape index (κ2) is 11.0. The van der Waals surface area contributed by atoms with Crippen molar-refractivity contribution in [2.75, 3.05) is 50.7 Å². The van der Waals surface area contributed by atoms with Gasteiger partial charge in [-0.2, -0.15) is 13.2 Å². The lowest BCUT2D eigenvalue weighted by atomic mass is 10.2. The van der Waals surface area contributed by atoms with Crippen molar-refractivity contribution in [1.82, 2.24) is 20.5 Å². The number of hydrogen-bond acceptors (Lipinski definition) is 5. The number of hydrogen-bond donors (Lipinski definition) is 2. The highest BCUT2D eigenvalue weighted by molar-refractivity contribution is 5.94. The lowest BCUT2D eigenvalue weighted by molar-refractivity contribution is -0.183. The van der Waals surface area contributed by atoms with Crippen LogP contribution in [0.3, 0.4) is 0 Å². The number of nitrogens with one attached hydrogen (secondary N) is 2. The first-order valence-corrected chi connectivity index (χ1v) is 8.96. The summed E-state index contributed by atoms with van der Waals surface area (Å²) in [6, 6.07) is 1.69. The lowest BCUT2D eigenvalue weighted by Gasteiger charge is -2.35. The summed E-state index contributed by atoms with van der Waals surface area (Å²) in [6.45, 7) is 3.08. The fourth-order valence-corrected chi connectivity index (χ4v) is 3.39. The monoisotopic (exact) mass is 443 g/mol. The first-order valence-electron chi connectivity index (χ1n) is 8.96. The van der Waals surface area contributed by atoms with E-state index in [1.54, 1.807) is 12.1 Å². The number of amides is 1. The van der Waals surface area contributed by atoms with Gasteiger partial charge in [-0.15, -0.1) is 24.8 Å². The van der Waals surface area contributed by atoms with Crippen molar-refractivity contribution in [2.45, 2.75) is 25.1 Å². The van der Waals surface area contributed by atoms with E-state index in [0.717, 1.165) is 31.7 Å². The third-order valence-corrected chi connectivity index (χ3v) is 4.87. The zero-order valence-corrected chi connectivity index (χ0v) is 17.0. The topological polar surface area (TPSA) is 60.5 Å². The quantitative estimate of drug-likeness (QED) is 0.729. The molecule has 0 bridgehead atoms. The molecule has 3 rings (SSSR count). The summed E-state index contributed by atoms with van der Waals surface area (Å²) in [7, 11) is 0. The molecule has 6 nitrogen and oxygen atoms in total. The maximum absolute atomic E-state index is 13.4. The summed E-state index contributed by atoms with van der Waals surface area (Å²) < 4.78 is 40.1. The Morgan fingerprint density at radius 1 is 1.14 bits per heavy atom. The van der Waals surface area contributed by atoms with Crippen molar-refractivity contribution in [2.24, 2.45) is 0 Å². The molecule has 2 saturated heterocycles. The van der Waals surface area contributed by atoms with E-state index < -0.39 is 24.7 Å². The van der Waals surface area contributed by atoms with Gasteiger partial charge >= 0.3 is 6.18 Å². The zero-order chi connectivity index (χ0) is 18.6.